The fourth-order valence-electron chi connectivity index (χ4n) is 3.83. The van der Waals surface area contributed by atoms with E-state index in [0.29, 0.717) is 33.8 Å². The number of halogens is 2. The van der Waals surface area contributed by atoms with Crippen LogP contribution in [0.25, 0.3) is 10.6 Å². The Kier molecular flexibility index (Phi) is 6.39. The molecule has 3 N–H and O–H groups in total. The fraction of sp³-hybridized carbons (Fsp3) is 0.318. The van der Waals surface area contributed by atoms with Crippen molar-refractivity contribution in [3.05, 3.63) is 68.4 Å². The van der Waals surface area contributed by atoms with Crippen LogP contribution in [0.3, 0.4) is 0 Å². The van der Waals surface area contributed by atoms with E-state index in [1.807, 2.05) is 18.2 Å². The normalized spacial score (nSPS) is 16.3. The summed E-state index contributed by atoms with van der Waals surface area (Å²) in [5, 5.41) is 4.17. The zero-order valence-electron chi connectivity index (χ0n) is 16.5. The number of nitrogens with zero attached hydrogens (tertiary/aromatic N) is 2. The molecule has 0 fully saturated rings. The number of nitrogens with one attached hydrogen (secondary N) is 1. The summed E-state index contributed by atoms with van der Waals surface area (Å²) in [4.78, 5) is 23.4. The molecule has 8 heteroatoms. The molecular formula is C22H22Cl2N4OS. The maximum atomic E-state index is 12.8. The van der Waals surface area contributed by atoms with E-state index in [-0.39, 0.29) is 11.9 Å². The summed E-state index contributed by atoms with van der Waals surface area (Å²) in [6.45, 7) is 2.51. The minimum atomic E-state index is -0.231. The molecule has 156 valence electrons. The van der Waals surface area contributed by atoms with Crippen molar-refractivity contribution in [1.29, 1.82) is 0 Å². The van der Waals surface area contributed by atoms with Gasteiger partial charge in [0.1, 0.15) is 6.33 Å². The molecule has 0 spiro atoms. The Morgan fingerprint density at radius 3 is 2.90 bits per heavy atom. The molecule has 5 nitrogen and oxygen atoms in total. The summed E-state index contributed by atoms with van der Waals surface area (Å²) >= 11 is 13.7. The van der Waals surface area contributed by atoms with Crippen LogP contribution in [0.5, 0.6) is 0 Å². The second-order valence-corrected chi connectivity index (χ2v) is 9.46. The van der Waals surface area contributed by atoms with E-state index in [9.17, 15) is 4.79 Å². The number of carbonyl (C=O) groups is 1. The molecule has 4 rings (SSSR count). The first-order valence-corrected chi connectivity index (χ1v) is 11.4. The van der Waals surface area contributed by atoms with Gasteiger partial charge in [0.2, 0.25) is 0 Å². The Bertz CT molecular complexity index is 1080. The number of rotatable bonds is 6. The summed E-state index contributed by atoms with van der Waals surface area (Å²) in [5.74, 6) is 0.284. The van der Waals surface area contributed by atoms with E-state index in [1.54, 1.807) is 18.5 Å². The molecule has 0 aliphatic heterocycles. The molecule has 30 heavy (non-hydrogen) atoms. The van der Waals surface area contributed by atoms with Crippen molar-refractivity contribution in [2.24, 2.45) is 5.73 Å². The molecule has 2 unspecified atom stereocenters. The number of nitrogens with two attached hydrogens (primary N) is 1. The lowest BCUT2D eigenvalue weighted by molar-refractivity contribution is 0.0942. The number of amides is 1. The van der Waals surface area contributed by atoms with Gasteiger partial charge in [-0.05, 0) is 55.0 Å². The number of benzene rings is 1. The highest BCUT2D eigenvalue weighted by Gasteiger charge is 2.26. The van der Waals surface area contributed by atoms with E-state index >= 15 is 0 Å². The van der Waals surface area contributed by atoms with Gasteiger partial charge in [-0.2, -0.15) is 0 Å². The predicted octanol–water partition coefficient (Wildman–Crippen LogP) is 4.86. The lowest BCUT2D eigenvalue weighted by atomic mass is 10.0. The van der Waals surface area contributed by atoms with Gasteiger partial charge in [-0.1, -0.05) is 36.2 Å². The molecule has 3 aromatic rings. The number of thiophene rings is 1. The average molecular weight is 461 g/mol. The smallest absolute Gasteiger partial charge is 0.261 e. The third-order valence-electron chi connectivity index (χ3n) is 5.44. The molecule has 0 bridgehead atoms. The number of aromatic nitrogens is 2. The van der Waals surface area contributed by atoms with E-state index in [4.69, 9.17) is 28.9 Å². The van der Waals surface area contributed by atoms with E-state index in [2.05, 4.69) is 22.2 Å². The number of hydrogen-bond acceptors (Lipinski definition) is 5. The molecule has 1 aromatic carbocycles. The molecule has 0 radical (unpaired) electrons. The fourth-order valence-corrected chi connectivity index (χ4v) is 5.24. The zero-order valence-corrected chi connectivity index (χ0v) is 18.8. The van der Waals surface area contributed by atoms with Crippen molar-refractivity contribution >= 4 is 40.4 Å². The zero-order chi connectivity index (χ0) is 21.3. The number of carbonyl (C=O) groups excluding carboxylic acids is 1. The topological polar surface area (TPSA) is 80.9 Å². The Balaban J connectivity index is 1.50. The Morgan fingerprint density at radius 1 is 1.30 bits per heavy atom. The van der Waals surface area contributed by atoms with Gasteiger partial charge in [-0.3, -0.25) is 4.79 Å². The summed E-state index contributed by atoms with van der Waals surface area (Å²) in [5.41, 5.74) is 10.1. The molecule has 2 atom stereocenters. The lowest BCUT2D eigenvalue weighted by Gasteiger charge is -2.17. The highest BCUT2D eigenvalue weighted by molar-refractivity contribution is 7.17. The minimum Gasteiger partial charge on any atom is -0.347 e. The van der Waals surface area contributed by atoms with Gasteiger partial charge in [0.15, 0.2) is 0 Å². The Morgan fingerprint density at radius 2 is 2.13 bits per heavy atom. The van der Waals surface area contributed by atoms with Gasteiger partial charge >= 0.3 is 0 Å². The van der Waals surface area contributed by atoms with Crippen molar-refractivity contribution in [3.8, 4) is 10.6 Å². The summed E-state index contributed by atoms with van der Waals surface area (Å²) in [7, 11) is 0. The third kappa shape index (κ3) is 4.37. The summed E-state index contributed by atoms with van der Waals surface area (Å²) in [6.07, 6.45) is 4.22. The molecule has 1 amide bonds. The van der Waals surface area contributed by atoms with E-state index in [1.165, 1.54) is 16.9 Å². The molecule has 1 aliphatic rings. The first-order valence-electron chi connectivity index (χ1n) is 9.85. The van der Waals surface area contributed by atoms with Crippen molar-refractivity contribution in [2.75, 3.05) is 6.54 Å². The van der Waals surface area contributed by atoms with Gasteiger partial charge in [-0.15, -0.1) is 11.3 Å². The molecule has 2 heterocycles. The summed E-state index contributed by atoms with van der Waals surface area (Å²) in [6, 6.07) is 8.91. The second kappa shape index (κ2) is 9.02. The van der Waals surface area contributed by atoms with Crippen molar-refractivity contribution in [2.45, 2.75) is 38.1 Å². The summed E-state index contributed by atoms with van der Waals surface area (Å²) < 4.78 is 0. The molecular weight excluding hydrogens is 439 g/mol. The first kappa shape index (κ1) is 21.2. The van der Waals surface area contributed by atoms with Crippen LogP contribution in [0.2, 0.25) is 10.0 Å². The van der Waals surface area contributed by atoms with Gasteiger partial charge in [0.25, 0.3) is 5.91 Å². The maximum absolute atomic E-state index is 12.8. The van der Waals surface area contributed by atoms with Crippen LogP contribution >= 0.6 is 34.5 Å². The standard InChI is InChI=1S/C22H22Cl2N4OS/c1-12-2-5-17-20(12)21(27-11-26-17)18-6-7-19(30-18)22(29)28-15(10-25)8-13-3-4-14(23)9-16(13)24/h3-4,6-7,9,11-12,15H,2,5,8,10,25H2,1H3,(H,28,29). The van der Waals surface area contributed by atoms with Crippen LogP contribution in [0, 0.1) is 0 Å². The first-order chi connectivity index (χ1) is 14.5. The van der Waals surface area contributed by atoms with Crippen LogP contribution in [-0.4, -0.2) is 28.5 Å². The maximum Gasteiger partial charge on any atom is 0.261 e. The van der Waals surface area contributed by atoms with Gasteiger partial charge in [-0.25, -0.2) is 9.97 Å². The quantitative estimate of drug-likeness (QED) is 0.549. The van der Waals surface area contributed by atoms with Crippen LogP contribution < -0.4 is 11.1 Å². The monoisotopic (exact) mass is 460 g/mol. The predicted molar refractivity (Wildman–Crippen MR) is 123 cm³/mol. The number of hydrogen-bond donors (Lipinski definition) is 2. The average Bonchev–Trinajstić information content (AvgIpc) is 3.37. The highest BCUT2D eigenvalue weighted by Crippen LogP contribution is 2.39. The van der Waals surface area contributed by atoms with Crippen molar-refractivity contribution in [1.82, 2.24) is 15.3 Å². The Labute approximate surface area is 189 Å². The van der Waals surface area contributed by atoms with E-state index in [0.717, 1.165) is 34.7 Å². The largest absolute Gasteiger partial charge is 0.347 e. The third-order valence-corrected chi connectivity index (χ3v) is 7.12. The van der Waals surface area contributed by atoms with Crippen LogP contribution in [0.15, 0.2) is 36.7 Å². The minimum absolute atomic E-state index is 0.148. The van der Waals surface area contributed by atoms with Crippen molar-refractivity contribution < 1.29 is 4.79 Å². The molecule has 0 saturated carbocycles. The van der Waals surface area contributed by atoms with Gasteiger partial charge < -0.3 is 11.1 Å². The van der Waals surface area contributed by atoms with E-state index < -0.39 is 0 Å². The van der Waals surface area contributed by atoms with Crippen LogP contribution in [0.1, 0.15) is 45.8 Å². The molecule has 2 aromatic heterocycles. The number of aryl methyl sites for hydroxylation is 1. The molecule has 1 aliphatic carbocycles. The van der Waals surface area contributed by atoms with Gasteiger partial charge in [0.05, 0.1) is 15.4 Å². The van der Waals surface area contributed by atoms with Crippen LogP contribution in [-0.2, 0) is 12.8 Å². The van der Waals surface area contributed by atoms with Crippen LogP contribution in [0.4, 0.5) is 0 Å². The number of fused-ring (bicyclic) bond motifs is 1. The second-order valence-electron chi connectivity index (χ2n) is 7.53. The molecule has 0 saturated heterocycles. The SMILES string of the molecule is CC1CCc2ncnc(-c3ccc(C(=O)NC(CN)Cc4ccc(Cl)cc4Cl)s3)c21. The highest BCUT2D eigenvalue weighted by atomic mass is 35.5. The van der Waals surface area contributed by atoms with Crippen molar-refractivity contribution in [3.63, 3.8) is 0 Å². The Hall–Kier alpha value is -1.99. The van der Waals surface area contributed by atoms with Gasteiger partial charge in [0, 0.05) is 33.9 Å². The lowest BCUT2D eigenvalue weighted by Crippen LogP contribution is -2.41.